The summed E-state index contributed by atoms with van der Waals surface area (Å²) in [6.45, 7) is 5.88. The second kappa shape index (κ2) is 60.4. The fourth-order valence-electron chi connectivity index (χ4n) is 10.5. The molecule has 1 fully saturated rings. The Hall–Kier alpha value is -3.84. The third-order valence-corrected chi connectivity index (χ3v) is 15.8. The van der Waals surface area contributed by atoms with Gasteiger partial charge in [0, 0.05) is 19.3 Å². The maximum atomic E-state index is 13.2. The van der Waals surface area contributed by atoms with E-state index in [0.717, 1.165) is 83.5 Å². The second-order valence-electron chi connectivity index (χ2n) is 23.8. The summed E-state index contributed by atoms with van der Waals surface area (Å²) in [4.78, 5) is 51.4. The fourth-order valence-corrected chi connectivity index (χ4v) is 10.5. The first-order chi connectivity index (χ1) is 41.6. The molecule has 1 aliphatic rings. The highest BCUT2D eigenvalue weighted by molar-refractivity contribution is 5.74. The van der Waals surface area contributed by atoms with Crippen LogP contribution in [-0.2, 0) is 42.9 Å². The average molecular weight is 1200 g/mol. The predicted molar refractivity (Wildman–Crippen MR) is 349 cm³/mol. The third-order valence-electron chi connectivity index (χ3n) is 15.8. The average Bonchev–Trinajstić information content (AvgIpc) is 3.51. The smallest absolute Gasteiger partial charge is 0.335 e. The van der Waals surface area contributed by atoms with Crippen LogP contribution in [-0.4, -0.2) is 89.2 Å². The molecule has 12 heteroatoms. The number of hydrogen-bond donors (Lipinski definition) is 3. The molecule has 1 rings (SSSR count). The van der Waals surface area contributed by atoms with Crippen molar-refractivity contribution in [3.8, 4) is 0 Å². The molecular formula is C73H126O12. The molecule has 0 spiro atoms. The Morgan fingerprint density at radius 3 is 1.11 bits per heavy atom. The lowest BCUT2D eigenvalue weighted by Gasteiger charge is -2.40. The van der Waals surface area contributed by atoms with Gasteiger partial charge in [0.25, 0.3) is 0 Å². The van der Waals surface area contributed by atoms with Crippen LogP contribution in [0.5, 0.6) is 0 Å². The minimum Gasteiger partial charge on any atom is -0.479 e. The normalized spacial score (nSPS) is 17.9. The van der Waals surface area contributed by atoms with E-state index in [0.29, 0.717) is 19.3 Å². The van der Waals surface area contributed by atoms with Gasteiger partial charge in [0.05, 0.1) is 6.61 Å². The Bertz CT molecular complexity index is 1750. The van der Waals surface area contributed by atoms with Crippen molar-refractivity contribution < 1.29 is 58.2 Å². The first-order valence-electron chi connectivity index (χ1n) is 34.9. The van der Waals surface area contributed by atoms with Crippen LogP contribution in [0.2, 0.25) is 0 Å². The molecule has 0 aromatic rings. The van der Waals surface area contributed by atoms with Crippen LogP contribution < -0.4 is 0 Å². The number of carbonyl (C=O) groups is 4. The molecule has 0 saturated carbocycles. The second-order valence-corrected chi connectivity index (χ2v) is 23.8. The number of carboxylic acid groups (broad SMARTS) is 1. The molecule has 0 bridgehead atoms. The van der Waals surface area contributed by atoms with Gasteiger partial charge in [-0.25, -0.2) is 4.79 Å². The summed E-state index contributed by atoms with van der Waals surface area (Å²) < 4.78 is 28.5. The van der Waals surface area contributed by atoms with Crippen LogP contribution in [0.25, 0.3) is 0 Å². The zero-order chi connectivity index (χ0) is 61.7. The molecule has 1 saturated heterocycles. The van der Waals surface area contributed by atoms with Crippen LogP contribution in [0, 0.1) is 0 Å². The number of aliphatic hydroxyl groups excluding tert-OH is 2. The van der Waals surface area contributed by atoms with Crippen molar-refractivity contribution in [1.82, 2.24) is 0 Å². The molecule has 6 unspecified atom stereocenters. The molecule has 0 aliphatic carbocycles. The molecule has 0 aromatic heterocycles. The van der Waals surface area contributed by atoms with Gasteiger partial charge in [0.15, 0.2) is 24.6 Å². The van der Waals surface area contributed by atoms with E-state index in [1.165, 1.54) is 173 Å². The number of esters is 3. The lowest BCUT2D eigenvalue weighted by Crippen LogP contribution is -2.61. The largest absolute Gasteiger partial charge is 0.479 e. The van der Waals surface area contributed by atoms with E-state index in [1.807, 2.05) is 12.2 Å². The summed E-state index contributed by atoms with van der Waals surface area (Å²) in [5.74, 6) is -3.20. The van der Waals surface area contributed by atoms with Gasteiger partial charge in [-0.2, -0.15) is 0 Å². The Balaban J connectivity index is 2.66. The van der Waals surface area contributed by atoms with E-state index in [-0.39, 0.29) is 25.9 Å². The number of ether oxygens (including phenoxy) is 5. The Morgan fingerprint density at radius 2 is 0.741 bits per heavy atom. The van der Waals surface area contributed by atoms with E-state index >= 15 is 0 Å². The molecule has 490 valence electrons. The summed E-state index contributed by atoms with van der Waals surface area (Å²) in [6.07, 6.45) is 65.9. The first-order valence-corrected chi connectivity index (χ1v) is 34.9. The Labute approximate surface area is 518 Å². The van der Waals surface area contributed by atoms with Crippen molar-refractivity contribution in [3.05, 3.63) is 72.9 Å². The molecule has 12 nitrogen and oxygen atoms in total. The zero-order valence-corrected chi connectivity index (χ0v) is 54.3. The highest BCUT2D eigenvalue weighted by Gasteiger charge is 2.50. The van der Waals surface area contributed by atoms with Crippen LogP contribution in [0.4, 0.5) is 0 Å². The molecule has 3 N–H and O–H groups in total. The lowest BCUT2D eigenvalue weighted by molar-refractivity contribution is -0.301. The SMILES string of the molecule is CC/C=C\C/C=C\C/C=C\C/C=C\C/C=C\C/C=C\CCC(=O)OCC(COC1OC(C(=O)O)C(O)C(O)C1OC(=O)CCCCCCCCCCCCCCCCCCCCC)OC(=O)CCCCCCCCCCCCCCCCCCC. The van der Waals surface area contributed by atoms with E-state index < -0.39 is 67.3 Å². The number of allylic oxidation sites excluding steroid dienone is 12. The zero-order valence-electron chi connectivity index (χ0n) is 54.3. The summed E-state index contributed by atoms with van der Waals surface area (Å²) in [6, 6.07) is 0. The molecular weight excluding hydrogens is 1070 g/mol. The van der Waals surface area contributed by atoms with Gasteiger partial charge < -0.3 is 39.0 Å². The summed E-state index contributed by atoms with van der Waals surface area (Å²) >= 11 is 0. The number of carbonyl (C=O) groups excluding carboxylic acids is 3. The highest BCUT2D eigenvalue weighted by atomic mass is 16.7. The van der Waals surface area contributed by atoms with Crippen LogP contribution in [0.1, 0.15) is 316 Å². The predicted octanol–water partition coefficient (Wildman–Crippen LogP) is 19.2. The molecule has 0 aromatic carbocycles. The van der Waals surface area contributed by atoms with Crippen LogP contribution >= 0.6 is 0 Å². The standard InChI is InChI=1S/C73H126O12/c1-4-7-10-13-16-19-22-25-28-31-33-36-38-41-44-47-50-53-56-59-65(74)81-62-64(83-66(75)60-57-54-51-48-45-42-39-35-30-27-24-21-18-15-12-9-6-3)63-82-73-71(69(78)68(77)70(85-73)72(79)80)84-67(76)61-58-55-52-49-46-43-40-37-34-32-29-26-23-20-17-14-11-8-5-2/h7,10,16,19,25,28,33,36,41,44,50,53,64,68-71,73,77-78H,4-6,8-9,11-15,17-18,20-24,26-27,29-32,34-35,37-40,42-43,45-49,51-52,54-63H2,1-3H3,(H,79,80)/b10-7-,19-16-,28-25-,36-33-,44-41-,53-50-. The number of carboxylic acids is 1. The number of aliphatic hydroxyl groups is 2. The van der Waals surface area contributed by atoms with Crippen molar-refractivity contribution in [2.75, 3.05) is 13.2 Å². The number of aliphatic carboxylic acids is 1. The molecule has 1 aliphatic heterocycles. The lowest BCUT2D eigenvalue weighted by atomic mass is 9.98. The molecule has 1 heterocycles. The Morgan fingerprint density at radius 1 is 0.400 bits per heavy atom. The van der Waals surface area contributed by atoms with Crippen molar-refractivity contribution in [2.45, 2.75) is 353 Å². The van der Waals surface area contributed by atoms with E-state index in [2.05, 4.69) is 81.5 Å². The monoisotopic (exact) mass is 1190 g/mol. The van der Waals surface area contributed by atoms with E-state index in [1.54, 1.807) is 0 Å². The summed E-state index contributed by atoms with van der Waals surface area (Å²) in [5.41, 5.74) is 0. The minimum atomic E-state index is -1.91. The van der Waals surface area contributed by atoms with E-state index in [4.69, 9.17) is 23.7 Å². The van der Waals surface area contributed by atoms with Gasteiger partial charge in [0.1, 0.15) is 18.8 Å². The van der Waals surface area contributed by atoms with Crippen LogP contribution in [0.3, 0.4) is 0 Å². The van der Waals surface area contributed by atoms with Crippen molar-refractivity contribution in [3.63, 3.8) is 0 Å². The number of hydrogen-bond acceptors (Lipinski definition) is 11. The van der Waals surface area contributed by atoms with Gasteiger partial charge in [-0.1, -0.05) is 312 Å². The maximum Gasteiger partial charge on any atom is 0.335 e. The number of rotatable bonds is 60. The molecule has 6 atom stereocenters. The molecule has 85 heavy (non-hydrogen) atoms. The maximum absolute atomic E-state index is 13.2. The quantitative estimate of drug-likeness (QED) is 0.0228. The van der Waals surface area contributed by atoms with E-state index in [9.17, 15) is 34.5 Å². The van der Waals surface area contributed by atoms with Gasteiger partial charge >= 0.3 is 23.9 Å². The fraction of sp³-hybridized carbons (Fsp3) is 0.781. The van der Waals surface area contributed by atoms with Crippen molar-refractivity contribution >= 4 is 23.9 Å². The third kappa shape index (κ3) is 49.8. The van der Waals surface area contributed by atoms with Crippen molar-refractivity contribution in [1.29, 1.82) is 0 Å². The summed E-state index contributed by atoms with van der Waals surface area (Å²) in [5, 5.41) is 31.7. The topological polar surface area (TPSA) is 175 Å². The van der Waals surface area contributed by atoms with Gasteiger partial charge in [-0.05, 0) is 57.8 Å². The number of unbranched alkanes of at least 4 members (excludes halogenated alkanes) is 34. The first kappa shape index (κ1) is 79.2. The minimum absolute atomic E-state index is 0.0570. The Kier molecular flexibility index (Phi) is 56.3. The summed E-state index contributed by atoms with van der Waals surface area (Å²) in [7, 11) is 0. The highest BCUT2D eigenvalue weighted by Crippen LogP contribution is 2.27. The van der Waals surface area contributed by atoms with Gasteiger partial charge in [-0.3, -0.25) is 14.4 Å². The van der Waals surface area contributed by atoms with Gasteiger partial charge in [-0.15, -0.1) is 0 Å². The van der Waals surface area contributed by atoms with Crippen LogP contribution in [0.15, 0.2) is 72.9 Å². The molecule has 0 radical (unpaired) electrons. The molecule has 0 amide bonds. The van der Waals surface area contributed by atoms with Crippen molar-refractivity contribution in [2.24, 2.45) is 0 Å². The van der Waals surface area contributed by atoms with Gasteiger partial charge in [0.2, 0.25) is 0 Å².